The van der Waals surface area contributed by atoms with E-state index in [-0.39, 0.29) is 25.1 Å². The number of halogens is 1. The predicted molar refractivity (Wildman–Crippen MR) is 112 cm³/mol. The third-order valence-electron chi connectivity index (χ3n) is 6.04. The molecule has 0 aliphatic heterocycles. The minimum atomic E-state index is -0.177. The van der Waals surface area contributed by atoms with Crippen LogP contribution in [0.25, 0.3) is 0 Å². The topological polar surface area (TPSA) is 0 Å². The van der Waals surface area contributed by atoms with E-state index in [1.165, 1.54) is 37.8 Å². The monoisotopic (exact) mass is 428 g/mol. The summed E-state index contributed by atoms with van der Waals surface area (Å²) in [6.07, 6.45) is 0. The second kappa shape index (κ2) is 5.91. The Morgan fingerprint density at radius 3 is 1.46 bits per heavy atom. The third-order valence-corrected chi connectivity index (χ3v) is 9.13. The summed E-state index contributed by atoms with van der Waals surface area (Å²) in [7, 11) is 0. The molecule has 0 fully saturated rings. The average Bonchev–Trinajstić information content (AvgIpc) is 2.76. The van der Waals surface area contributed by atoms with Gasteiger partial charge in [-0.2, -0.15) is 0 Å². The molecule has 7 rings (SSSR count). The fourth-order valence-corrected chi connectivity index (χ4v) is 8.17. The van der Waals surface area contributed by atoms with Crippen molar-refractivity contribution in [1.82, 2.24) is 0 Å². The Balaban J connectivity index is 1.71. The van der Waals surface area contributed by atoms with E-state index in [1.54, 1.807) is 12.1 Å². The molecule has 0 amide bonds. The van der Waals surface area contributed by atoms with Gasteiger partial charge in [0.2, 0.25) is 0 Å². The second-order valence-electron chi connectivity index (χ2n) is 7.43. The molecule has 0 aromatic heterocycles. The molecule has 0 radical (unpaired) electrons. The fourth-order valence-electron chi connectivity index (χ4n) is 4.99. The second-order valence-corrected chi connectivity index (χ2v) is 10.1. The van der Waals surface area contributed by atoms with Crippen molar-refractivity contribution >= 4 is 19.4 Å². The quantitative estimate of drug-likeness (QED) is 0.397. The number of rotatable bonds is 2. The molecule has 0 spiro atoms. The summed E-state index contributed by atoms with van der Waals surface area (Å²) in [5.74, 6) is 0.125. The van der Waals surface area contributed by atoms with Gasteiger partial charge >= 0.3 is 170 Å². The van der Waals surface area contributed by atoms with Crippen LogP contribution >= 0.6 is 0 Å². The molecule has 0 atom stereocenters. The van der Waals surface area contributed by atoms with Crippen LogP contribution in [0.1, 0.15) is 39.3 Å². The Hall–Kier alpha value is -2.67. The molecule has 0 saturated heterocycles. The van der Waals surface area contributed by atoms with Crippen LogP contribution in [-0.2, 0) is 4.31 Å². The van der Waals surface area contributed by atoms with E-state index in [1.807, 2.05) is 12.1 Å². The van der Waals surface area contributed by atoms with Crippen LogP contribution in [0, 0.1) is 5.82 Å². The molecule has 0 unspecified atom stereocenters. The summed E-state index contributed by atoms with van der Waals surface area (Å²) >= 11 is 0.0778. The van der Waals surface area contributed by atoms with Crippen molar-refractivity contribution in [2.24, 2.45) is 0 Å². The minimum absolute atomic E-state index is 0.0778. The summed E-state index contributed by atoms with van der Waals surface area (Å²) < 4.78 is 14.6. The Morgan fingerprint density at radius 2 is 1.00 bits per heavy atom. The van der Waals surface area contributed by atoms with Gasteiger partial charge in [-0.25, -0.2) is 0 Å². The van der Waals surface area contributed by atoms with Crippen molar-refractivity contribution in [3.63, 3.8) is 0 Å². The van der Waals surface area contributed by atoms with Crippen molar-refractivity contribution in [2.75, 3.05) is 0 Å². The van der Waals surface area contributed by atoms with Crippen molar-refractivity contribution < 1.29 is 4.39 Å². The molecule has 2 heteroatoms. The van der Waals surface area contributed by atoms with Gasteiger partial charge in [-0.05, 0) is 0 Å². The standard InChI is InChI=1S/C26H17FSe/c27-17-13-15-18(16-14-17)28-26-22-10-4-1-7-19(22)25(20-8-2-5-11-23(20)26)21-9-3-6-12-24(21)26/h1-16,25H. The molecule has 28 heavy (non-hydrogen) atoms. The first-order chi connectivity index (χ1) is 13.8. The van der Waals surface area contributed by atoms with E-state index in [0.717, 1.165) is 0 Å². The molecule has 3 aliphatic rings. The summed E-state index contributed by atoms with van der Waals surface area (Å²) in [5.41, 5.74) is 8.52. The van der Waals surface area contributed by atoms with Gasteiger partial charge in [-0.3, -0.25) is 0 Å². The Labute approximate surface area is 170 Å². The molecule has 4 aromatic rings. The van der Waals surface area contributed by atoms with Gasteiger partial charge in [0.05, 0.1) is 0 Å². The predicted octanol–water partition coefficient (Wildman–Crippen LogP) is 4.95. The maximum atomic E-state index is 13.6. The number of benzene rings is 4. The van der Waals surface area contributed by atoms with Gasteiger partial charge in [-0.15, -0.1) is 0 Å². The van der Waals surface area contributed by atoms with Crippen LogP contribution in [-0.4, -0.2) is 15.0 Å². The van der Waals surface area contributed by atoms with E-state index in [9.17, 15) is 4.39 Å². The zero-order chi connectivity index (χ0) is 18.7. The van der Waals surface area contributed by atoms with Crippen LogP contribution in [0.4, 0.5) is 4.39 Å². The first-order valence-corrected chi connectivity index (χ1v) is 11.2. The van der Waals surface area contributed by atoms with Crippen molar-refractivity contribution in [3.05, 3.63) is 136 Å². The zero-order valence-corrected chi connectivity index (χ0v) is 16.8. The third kappa shape index (κ3) is 2.05. The van der Waals surface area contributed by atoms with Crippen LogP contribution in [0.3, 0.4) is 0 Å². The molecule has 0 nitrogen and oxygen atoms in total. The zero-order valence-electron chi connectivity index (χ0n) is 15.1. The number of hydrogen-bond donors (Lipinski definition) is 0. The molecular weight excluding hydrogens is 410 g/mol. The first-order valence-electron chi connectivity index (χ1n) is 9.52. The Kier molecular flexibility index (Phi) is 3.44. The molecule has 0 saturated carbocycles. The average molecular weight is 427 g/mol. The van der Waals surface area contributed by atoms with E-state index in [2.05, 4.69) is 72.8 Å². The summed E-state index contributed by atoms with van der Waals surface area (Å²) in [5, 5.41) is 0. The van der Waals surface area contributed by atoms with Gasteiger partial charge in [-0.1, -0.05) is 0 Å². The van der Waals surface area contributed by atoms with Crippen LogP contribution < -0.4 is 4.46 Å². The Morgan fingerprint density at radius 1 is 0.571 bits per heavy atom. The van der Waals surface area contributed by atoms with Gasteiger partial charge in [0.25, 0.3) is 0 Å². The van der Waals surface area contributed by atoms with Crippen LogP contribution in [0.5, 0.6) is 0 Å². The van der Waals surface area contributed by atoms with E-state index in [0.29, 0.717) is 5.92 Å². The van der Waals surface area contributed by atoms with E-state index < -0.39 is 0 Å². The SMILES string of the molecule is Fc1ccc([Se]C23c4ccccc4C(c4ccccc42)c2ccccc23)cc1. The van der Waals surface area contributed by atoms with Gasteiger partial charge < -0.3 is 0 Å². The van der Waals surface area contributed by atoms with Crippen molar-refractivity contribution in [1.29, 1.82) is 0 Å². The molecule has 0 N–H and O–H groups in total. The summed E-state index contributed by atoms with van der Waals surface area (Å²) in [6.45, 7) is 0. The normalized spacial score (nSPS) is 21.0. The molecule has 3 aliphatic carbocycles. The van der Waals surface area contributed by atoms with Gasteiger partial charge in [0.1, 0.15) is 0 Å². The van der Waals surface area contributed by atoms with Gasteiger partial charge in [0, 0.05) is 0 Å². The molecule has 0 heterocycles. The van der Waals surface area contributed by atoms with E-state index >= 15 is 0 Å². The summed E-state index contributed by atoms with van der Waals surface area (Å²) in [6, 6.07) is 33.8. The summed E-state index contributed by atoms with van der Waals surface area (Å²) in [4.78, 5) is 0. The van der Waals surface area contributed by atoms with Crippen molar-refractivity contribution in [2.45, 2.75) is 10.2 Å². The molecular formula is C26H17FSe. The Bertz CT molecular complexity index is 1090. The maximum absolute atomic E-state index is 13.6. The first kappa shape index (κ1) is 16.3. The fraction of sp³-hybridized carbons (Fsp3) is 0.0769. The molecule has 2 bridgehead atoms. The van der Waals surface area contributed by atoms with E-state index in [4.69, 9.17) is 0 Å². The molecule has 134 valence electrons. The van der Waals surface area contributed by atoms with Crippen LogP contribution in [0.15, 0.2) is 97.1 Å². The van der Waals surface area contributed by atoms with Gasteiger partial charge in [0.15, 0.2) is 0 Å². The number of hydrogen-bond acceptors (Lipinski definition) is 0. The van der Waals surface area contributed by atoms with Crippen molar-refractivity contribution in [3.8, 4) is 0 Å². The van der Waals surface area contributed by atoms with Crippen LogP contribution in [0.2, 0.25) is 0 Å². The molecule has 4 aromatic carbocycles.